The summed E-state index contributed by atoms with van der Waals surface area (Å²) < 4.78 is 13.3. The van der Waals surface area contributed by atoms with Gasteiger partial charge in [0, 0.05) is 12.8 Å². The number of para-hydroxylation sites is 2. The van der Waals surface area contributed by atoms with Crippen LogP contribution in [0.1, 0.15) is 41.7 Å². The first-order valence-electron chi connectivity index (χ1n) is 13.1. The summed E-state index contributed by atoms with van der Waals surface area (Å²) in [5.74, 6) is 1.85. The Morgan fingerprint density at radius 3 is 1.47 bits per heavy atom. The van der Waals surface area contributed by atoms with E-state index in [1.807, 2.05) is 80.8 Å². The molecule has 0 aliphatic carbocycles. The maximum absolute atomic E-state index is 6.19. The molecule has 4 aromatic rings. The Kier molecular flexibility index (Phi) is 12.9. The highest BCUT2D eigenvalue weighted by Crippen LogP contribution is 2.30. The minimum Gasteiger partial charge on any atom is -0.485 e. The second-order valence-electron chi connectivity index (χ2n) is 9.01. The number of ether oxygens (including phenoxy) is 2. The smallest absolute Gasteiger partial charge is 0.134 e. The first-order chi connectivity index (χ1) is 18.6. The summed E-state index contributed by atoms with van der Waals surface area (Å²) in [4.78, 5) is 0. The molecule has 0 aromatic heterocycles. The van der Waals surface area contributed by atoms with Gasteiger partial charge >= 0.3 is 0 Å². The van der Waals surface area contributed by atoms with Crippen LogP contribution in [0.15, 0.2) is 114 Å². The Bertz CT molecular complexity index is 1090. The molecule has 0 saturated heterocycles. The Labute approximate surface area is 236 Å². The molecule has 0 aliphatic heterocycles. The fourth-order valence-electron chi connectivity index (χ4n) is 4.01. The fourth-order valence-corrected chi connectivity index (χ4v) is 4.39. The molecule has 0 fully saturated rings. The molecule has 0 aliphatic rings. The van der Waals surface area contributed by atoms with Gasteiger partial charge in [0.1, 0.15) is 23.7 Å². The van der Waals surface area contributed by atoms with Gasteiger partial charge < -0.3 is 20.1 Å². The van der Waals surface area contributed by atoms with E-state index in [0.717, 1.165) is 41.9 Å². The highest BCUT2D eigenvalue weighted by molar-refractivity contribution is 9.10. The SMILES string of the molecule is CNCCC(Oc1ccccc1Br)c1ccccc1.CNCCC(Oc1ccccc1C)c1ccccc1. The van der Waals surface area contributed by atoms with Crippen LogP contribution < -0.4 is 20.1 Å². The summed E-state index contributed by atoms with van der Waals surface area (Å²) in [6, 6.07) is 36.9. The van der Waals surface area contributed by atoms with E-state index in [4.69, 9.17) is 9.47 Å². The van der Waals surface area contributed by atoms with E-state index in [1.165, 1.54) is 16.7 Å². The summed E-state index contributed by atoms with van der Waals surface area (Å²) in [6.45, 7) is 3.94. The minimum absolute atomic E-state index is 0.0624. The predicted molar refractivity (Wildman–Crippen MR) is 162 cm³/mol. The molecular weight excluding hydrogens is 536 g/mol. The van der Waals surface area contributed by atoms with E-state index < -0.39 is 0 Å². The van der Waals surface area contributed by atoms with Crippen molar-refractivity contribution in [3.05, 3.63) is 130 Å². The first-order valence-corrected chi connectivity index (χ1v) is 13.9. The first kappa shape index (κ1) is 29.4. The van der Waals surface area contributed by atoms with Gasteiger partial charge in [-0.25, -0.2) is 0 Å². The third kappa shape index (κ3) is 9.64. The average Bonchev–Trinajstić information content (AvgIpc) is 2.96. The van der Waals surface area contributed by atoms with Crippen molar-refractivity contribution < 1.29 is 9.47 Å². The normalized spacial score (nSPS) is 12.1. The van der Waals surface area contributed by atoms with Crippen molar-refractivity contribution in [1.82, 2.24) is 10.6 Å². The molecule has 2 N–H and O–H groups in total. The molecule has 0 radical (unpaired) electrons. The molecule has 2 unspecified atom stereocenters. The summed E-state index contributed by atoms with van der Waals surface area (Å²) in [6.07, 6.45) is 2.04. The van der Waals surface area contributed by atoms with Gasteiger partial charge in [0.05, 0.1) is 4.47 Å². The molecule has 2 atom stereocenters. The molecule has 5 heteroatoms. The second-order valence-corrected chi connectivity index (χ2v) is 9.87. The Morgan fingerprint density at radius 2 is 1.00 bits per heavy atom. The summed E-state index contributed by atoms with van der Waals surface area (Å²) in [7, 11) is 3.93. The van der Waals surface area contributed by atoms with Gasteiger partial charge in [0.2, 0.25) is 0 Å². The van der Waals surface area contributed by atoms with Crippen molar-refractivity contribution in [2.45, 2.75) is 32.0 Å². The highest BCUT2D eigenvalue weighted by Gasteiger charge is 2.15. The highest BCUT2D eigenvalue weighted by atomic mass is 79.9. The largest absolute Gasteiger partial charge is 0.485 e. The van der Waals surface area contributed by atoms with Gasteiger partial charge in [-0.3, -0.25) is 0 Å². The fraction of sp³-hybridized carbons (Fsp3) is 0.273. The standard InChI is InChI=1S/C17H21NO.C16H18BrNO/c1-14-8-6-7-11-16(14)19-17(12-13-18-2)15-9-4-3-5-10-15;1-18-12-11-15(13-7-3-2-4-8-13)19-16-10-6-5-9-14(16)17/h3-11,17-18H,12-13H2,1-2H3;2-10,15,18H,11-12H2,1H3. The number of hydrogen-bond donors (Lipinski definition) is 2. The van der Waals surface area contributed by atoms with Crippen LogP contribution >= 0.6 is 15.9 Å². The number of aryl methyl sites for hydroxylation is 1. The van der Waals surface area contributed by atoms with Crippen LogP contribution in [0, 0.1) is 6.92 Å². The van der Waals surface area contributed by atoms with Gasteiger partial charge in [0.25, 0.3) is 0 Å². The van der Waals surface area contributed by atoms with Crippen LogP contribution in [0.2, 0.25) is 0 Å². The van der Waals surface area contributed by atoms with Crippen molar-refractivity contribution in [2.24, 2.45) is 0 Å². The van der Waals surface area contributed by atoms with Crippen LogP contribution in [0.25, 0.3) is 0 Å². The third-order valence-electron chi connectivity index (χ3n) is 6.12. The van der Waals surface area contributed by atoms with E-state index in [9.17, 15) is 0 Å². The summed E-state index contributed by atoms with van der Waals surface area (Å²) >= 11 is 3.52. The van der Waals surface area contributed by atoms with Gasteiger partial charge in [-0.15, -0.1) is 0 Å². The predicted octanol–water partition coefficient (Wildman–Crippen LogP) is 7.90. The molecule has 4 nitrogen and oxygen atoms in total. The molecule has 0 saturated carbocycles. The molecule has 4 aromatic carbocycles. The minimum atomic E-state index is 0.0624. The monoisotopic (exact) mass is 574 g/mol. The van der Waals surface area contributed by atoms with Crippen LogP contribution in [0.4, 0.5) is 0 Å². The van der Waals surface area contributed by atoms with Crippen LogP contribution in [-0.2, 0) is 0 Å². The average molecular weight is 576 g/mol. The Morgan fingerprint density at radius 1 is 0.579 bits per heavy atom. The van der Waals surface area contributed by atoms with E-state index in [1.54, 1.807) is 0 Å². The lowest BCUT2D eigenvalue weighted by molar-refractivity contribution is 0.193. The van der Waals surface area contributed by atoms with Gasteiger partial charge in [0.15, 0.2) is 0 Å². The second kappa shape index (κ2) is 16.7. The van der Waals surface area contributed by atoms with Gasteiger partial charge in [-0.05, 0) is 84.9 Å². The van der Waals surface area contributed by atoms with Gasteiger partial charge in [-0.1, -0.05) is 91.0 Å². The molecule has 4 rings (SSSR count). The molecule has 0 heterocycles. The van der Waals surface area contributed by atoms with Crippen molar-refractivity contribution in [3.8, 4) is 11.5 Å². The molecule has 200 valence electrons. The molecule has 0 amide bonds. The number of benzene rings is 4. The quantitative estimate of drug-likeness (QED) is 0.180. The zero-order chi connectivity index (χ0) is 27.0. The maximum atomic E-state index is 6.19. The van der Waals surface area contributed by atoms with E-state index in [-0.39, 0.29) is 12.2 Å². The molecule has 38 heavy (non-hydrogen) atoms. The number of hydrogen-bond acceptors (Lipinski definition) is 4. The van der Waals surface area contributed by atoms with E-state index in [2.05, 4.69) is 76.0 Å². The summed E-state index contributed by atoms with van der Waals surface area (Å²) in [5, 5.41) is 6.36. The lowest BCUT2D eigenvalue weighted by atomic mass is 10.1. The maximum Gasteiger partial charge on any atom is 0.134 e. The van der Waals surface area contributed by atoms with Crippen LogP contribution in [0.3, 0.4) is 0 Å². The third-order valence-corrected chi connectivity index (χ3v) is 6.78. The van der Waals surface area contributed by atoms with E-state index >= 15 is 0 Å². The Balaban J connectivity index is 0.000000211. The number of nitrogens with one attached hydrogen (secondary N) is 2. The molecular formula is C33H39BrN2O2. The molecule has 0 bridgehead atoms. The van der Waals surface area contributed by atoms with Gasteiger partial charge in [-0.2, -0.15) is 0 Å². The Hall–Kier alpha value is -3.12. The lowest BCUT2D eigenvalue weighted by Crippen LogP contribution is -2.16. The van der Waals surface area contributed by atoms with Crippen molar-refractivity contribution in [2.75, 3.05) is 27.2 Å². The van der Waals surface area contributed by atoms with E-state index in [0.29, 0.717) is 0 Å². The van der Waals surface area contributed by atoms with Crippen LogP contribution in [-0.4, -0.2) is 27.2 Å². The van der Waals surface area contributed by atoms with Crippen molar-refractivity contribution >= 4 is 15.9 Å². The summed E-state index contributed by atoms with van der Waals surface area (Å²) in [5.41, 5.74) is 3.60. The lowest BCUT2D eigenvalue weighted by Gasteiger charge is -2.20. The zero-order valence-electron chi connectivity index (χ0n) is 22.6. The van der Waals surface area contributed by atoms with Crippen LogP contribution in [0.5, 0.6) is 11.5 Å². The number of rotatable bonds is 12. The number of halogens is 1. The van der Waals surface area contributed by atoms with Crippen molar-refractivity contribution in [3.63, 3.8) is 0 Å². The van der Waals surface area contributed by atoms with Crippen molar-refractivity contribution in [1.29, 1.82) is 0 Å². The zero-order valence-corrected chi connectivity index (χ0v) is 24.2. The topological polar surface area (TPSA) is 42.5 Å². The molecule has 0 spiro atoms.